The number of nitrogens with one attached hydrogen (secondary N) is 2. The van der Waals surface area contributed by atoms with Gasteiger partial charge in [-0.15, -0.1) is 0 Å². The highest BCUT2D eigenvalue weighted by atomic mass is 32.2. The third-order valence-electron chi connectivity index (χ3n) is 3.57. The molecule has 0 radical (unpaired) electrons. The van der Waals surface area contributed by atoms with Gasteiger partial charge in [0.25, 0.3) is 0 Å². The van der Waals surface area contributed by atoms with Gasteiger partial charge in [-0.2, -0.15) is 0 Å². The normalized spacial score (nSPS) is 13.5. The molecule has 2 rings (SSSR count). The van der Waals surface area contributed by atoms with Crippen LogP contribution in [0, 0.1) is 5.92 Å². The van der Waals surface area contributed by atoms with E-state index in [1.807, 2.05) is 26.0 Å². The molecule has 0 bridgehead atoms. The Morgan fingerprint density at radius 3 is 2.64 bits per heavy atom. The van der Waals surface area contributed by atoms with Gasteiger partial charge in [0, 0.05) is 23.1 Å². The number of carbonyl (C=O) groups is 1. The van der Waals surface area contributed by atoms with Gasteiger partial charge in [-0.3, -0.25) is 4.79 Å². The highest BCUT2D eigenvalue weighted by Crippen LogP contribution is 2.23. The van der Waals surface area contributed by atoms with E-state index in [-0.39, 0.29) is 17.2 Å². The number of hydrogen-bond acceptors (Lipinski definition) is 4. The van der Waals surface area contributed by atoms with Crippen molar-refractivity contribution < 1.29 is 17.9 Å². The maximum atomic E-state index is 12.6. The average Bonchev–Trinajstić information content (AvgIpc) is 2.90. The van der Waals surface area contributed by atoms with Crippen molar-refractivity contribution >= 4 is 26.9 Å². The number of benzene rings is 1. The van der Waals surface area contributed by atoms with E-state index in [4.69, 9.17) is 0 Å². The molecule has 0 saturated heterocycles. The molecule has 0 saturated carbocycles. The molecule has 0 spiro atoms. The van der Waals surface area contributed by atoms with Crippen LogP contribution in [0.4, 0.5) is 0 Å². The second kappa shape index (κ2) is 6.50. The molecule has 7 heteroatoms. The fourth-order valence-electron chi connectivity index (χ4n) is 2.21. The first kappa shape index (κ1) is 16.5. The molecule has 0 fully saturated rings. The minimum absolute atomic E-state index is 0.00421. The first-order valence-electron chi connectivity index (χ1n) is 7.00. The molecule has 2 aromatic rings. The zero-order chi connectivity index (χ0) is 16.3. The predicted octanol–water partition coefficient (Wildman–Crippen LogP) is 2.03. The summed E-state index contributed by atoms with van der Waals surface area (Å²) in [6.07, 6.45) is 1.46. The molecule has 1 atom stereocenters. The van der Waals surface area contributed by atoms with E-state index in [1.54, 1.807) is 12.1 Å². The number of fused-ring (bicyclic) bond motifs is 1. The van der Waals surface area contributed by atoms with Gasteiger partial charge in [0.15, 0.2) is 0 Å². The number of carbonyl (C=O) groups excluding carboxylic acids is 1. The molecule has 1 aromatic heterocycles. The fourth-order valence-corrected chi connectivity index (χ4v) is 3.77. The average molecular weight is 324 g/mol. The Balaban J connectivity index is 2.31. The van der Waals surface area contributed by atoms with Crippen LogP contribution in [0.25, 0.3) is 10.9 Å². The summed E-state index contributed by atoms with van der Waals surface area (Å²) in [6.45, 7) is 3.71. The molecule has 0 aliphatic heterocycles. The van der Waals surface area contributed by atoms with Crippen molar-refractivity contribution in [3.05, 3.63) is 30.5 Å². The second-order valence-corrected chi connectivity index (χ2v) is 7.13. The first-order valence-corrected chi connectivity index (χ1v) is 8.48. The Kier molecular flexibility index (Phi) is 4.87. The van der Waals surface area contributed by atoms with E-state index in [0.717, 1.165) is 5.52 Å². The van der Waals surface area contributed by atoms with Gasteiger partial charge in [0.2, 0.25) is 10.0 Å². The third kappa shape index (κ3) is 3.48. The highest BCUT2D eigenvalue weighted by molar-refractivity contribution is 7.89. The number of esters is 1. The molecule has 1 aromatic carbocycles. The van der Waals surface area contributed by atoms with Crippen molar-refractivity contribution in [2.75, 3.05) is 7.11 Å². The van der Waals surface area contributed by atoms with Crippen molar-refractivity contribution in [2.45, 2.75) is 31.2 Å². The van der Waals surface area contributed by atoms with Crippen LogP contribution >= 0.6 is 0 Å². The van der Waals surface area contributed by atoms with Crippen molar-refractivity contribution in [2.24, 2.45) is 5.92 Å². The van der Waals surface area contributed by atoms with Crippen LogP contribution < -0.4 is 4.72 Å². The van der Waals surface area contributed by atoms with E-state index in [0.29, 0.717) is 5.39 Å². The zero-order valence-electron chi connectivity index (χ0n) is 12.8. The highest BCUT2D eigenvalue weighted by Gasteiger charge is 2.26. The number of hydrogen-bond donors (Lipinski definition) is 2. The molecule has 1 heterocycles. The van der Waals surface area contributed by atoms with Crippen LogP contribution in [0.5, 0.6) is 0 Å². The summed E-state index contributed by atoms with van der Waals surface area (Å²) in [5, 5.41) is 0.621. The Hall–Kier alpha value is -1.86. The standard InChI is InChI=1S/C15H20N2O4S/c1-10(2)13(8-15(18)21-3)17-22(19,20)14-9-16-12-7-5-4-6-11(12)14/h4-7,9-10,13,16-17H,8H2,1-3H3. The summed E-state index contributed by atoms with van der Waals surface area (Å²) in [4.78, 5) is 14.6. The lowest BCUT2D eigenvalue weighted by molar-refractivity contribution is -0.141. The molecule has 0 amide bonds. The van der Waals surface area contributed by atoms with E-state index in [9.17, 15) is 13.2 Å². The molecular weight excluding hydrogens is 304 g/mol. The quantitative estimate of drug-likeness (QED) is 0.796. The van der Waals surface area contributed by atoms with E-state index < -0.39 is 22.0 Å². The number of H-pyrrole nitrogens is 1. The smallest absolute Gasteiger partial charge is 0.307 e. The van der Waals surface area contributed by atoms with Crippen LogP contribution in [0.15, 0.2) is 35.4 Å². The topological polar surface area (TPSA) is 88.3 Å². The SMILES string of the molecule is COC(=O)CC(NS(=O)(=O)c1c[nH]c2ccccc12)C(C)C. The van der Waals surface area contributed by atoms with Gasteiger partial charge in [-0.1, -0.05) is 32.0 Å². The first-order chi connectivity index (χ1) is 10.3. The Labute approximate surface area is 129 Å². The minimum Gasteiger partial charge on any atom is -0.469 e. The summed E-state index contributed by atoms with van der Waals surface area (Å²) in [5.41, 5.74) is 0.747. The Morgan fingerprint density at radius 2 is 2.00 bits per heavy atom. The van der Waals surface area contributed by atoms with E-state index >= 15 is 0 Å². The van der Waals surface area contributed by atoms with Crippen molar-refractivity contribution in [1.29, 1.82) is 0 Å². The Bertz CT molecular complexity index is 765. The second-order valence-electron chi connectivity index (χ2n) is 5.45. The van der Waals surface area contributed by atoms with Gasteiger partial charge in [0.05, 0.1) is 13.5 Å². The van der Waals surface area contributed by atoms with Crippen molar-refractivity contribution in [1.82, 2.24) is 9.71 Å². The predicted molar refractivity (Wildman–Crippen MR) is 83.9 cm³/mol. The van der Waals surface area contributed by atoms with Gasteiger partial charge in [-0.05, 0) is 12.0 Å². The van der Waals surface area contributed by atoms with Gasteiger partial charge in [-0.25, -0.2) is 13.1 Å². The Morgan fingerprint density at radius 1 is 1.32 bits per heavy atom. The largest absolute Gasteiger partial charge is 0.469 e. The van der Waals surface area contributed by atoms with Crippen molar-refractivity contribution in [3.8, 4) is 0 Å². The lowest BCUT2D eigenvalue weighted by Gasteiger charge is -2.21. The number of rotatable bonds is 6. The van der Waals surface area contributed by atoms with E-state index in [2.05, 4.69) is 14.4 Å². The third-order valence-corrected chi connectivity index (χ3v) is 5.10. The number of ether oxygens (including phenoxy) is 1. The molecular formula is C15H20N2O4S. The summed E-state index contributed by atoms with van der Waals surface area (Å²) < 4.78 is 32.4. The maximum Gasteiger partial charge on any atom is 0.307 e. The number of methoxy groups -OCH3 is 1. The number of para-hydroxylation sites is 1. The van der Waals surface area contributed by atoms with Gasteiger partial charge in [0.1, 0.15) is 4.90 Å². The van der Waals surface area contributed by atoms with Crippen molar-refractivity contribution in [3.63, 3.8) is 0 Å². The molecule has 120 valence electrons. The summed E-state index contributed by atoms with van der Waals surface area (Å²) >= 11 is 0. The number of aromatic amines is 1. The van der Waals surface area contributed by atoms with Gasteiger partial charge >= 0.3 is 5.97 Å². The molecule has 6 nitrogen and oxygen atoms in total. The molecule has 0 aliphatic carbocycles. The molecule has 0 aliphatic rings. The lowest BCUT2D eigenvalue weighted by atomic mass is 10.0. The summed E-state index contributed by atoms with van der Waals surface area (Å²) in [6, 6.07) is 6.64. The molecule has 2 N–H and O–H groups in total. The summed E-state index contributed by atoms with van der Waals surface area (Å²) in [7, 11) is -2.45. The van der Waals surface area contributed by atoms with Crippen LogP contribution in [-0.2, 0) is 19.6 Å². The van der Waals surface area contributed by atoms with Crippen LogP contribution in [-0.4, -0.2) is 32.5 Å². The fraction of sp³-hybridized carbons (Fsp3) is 0.400. The lowest BCUT2D eigenvalue weighted by Crippen LogP contribution is -2.40. The monoisotopic (exact) mass is 324 g/mol. The van der Waals surface area contributed by atoms with Crippen LogP contribution in [0.3, 0.4) is 0 Å². The number of sulfonamides is 1. The number of aromatic nitrogens is 1. The zero-order valence-corrected chi connectivity index (χ0v) is 13.6. The molecule has 22 heavy (non-hydrogen) atoms. The summed E-state index contributed by atoms with van der Waals surface area (Å²) in [5.74, 6) is -0.487. The van der Waals surface area contributed by atoms with Gasteiger partial charge < -0.3 is 9.72 Å². The van der Waals surface area contributed by atoms with Crippen LogP contribution in [0.1, 0.15) is 20.3 Å². The maximum absolute atomic E-state index is 12.6. The van der Waals surface area contributed by atoms with Crippen LogP contribution in [0.2, 0.25) is 0 Å². The van der Waals surface area contributed by atoms with E-state index in [1.165, 1.54) is 13.3 Å². The minimum atomic E-state index is -3.73. The molecule has 1 unspecified atom stereocenters.